The number of hydrogen-bond acceptors (Lipinski definition) is 6. The molecule has 0 aliphatic carbocycles. The summed E-state index contributed by atoms with van der Waals surface area (Å²) in [4.78, 5) is 26.3. The molecular weight excluding hydrogens is 475 g/mol. The van der Waals surface area contributed by atoms with Gasteiger partial charge in [-0.1, -0.05) is 36.4 Å². The standard InChI is InChI=1S/C27H20F3NO5/c1-34-25(32)21-9-5-6-14-31(24(21)26(33)35-2)22-16-19(27(28,29)30)11-13-23(22)36-20-12-10-17-7-3-4-8-18(17)15-20/h3-16H,1-2H3. The Morgan fingerprint density at radius 2 is 1.56 bits per heavy atom. The molecule has 0 unspecified atom stereocenters. The number of benzene rings is 3. The molecule has 1 heterocycles. The van der Waals surface area contributed by atoms with Crippen molar-refractivity contribution in [2.45, 2.75) is 6.18 Å². The molecule has 0 radical (unpaired) electrons. The summed E-state index contributed by atoms with van der Waals surface area (Å²) in [5, 5.41) is 1.82. The Hall–Kier alpha value is -4.53. The average molecular weight is 495 g/mol. The van der Waals surface area contributed by atoms with E-state index in [9.17, 15) is 22.8 Å². The largest absolute Gasteiger partial charge is 0.465 e. The Morgan fingerprint density at radius 1 is 0.833 bits per heavy atom. The van der Waals surface area contributed by atoms with Gasteiger partial charge in [0.05, 0.1) is 31.0 Å². The molecule has 1 aliphatic rings. The fourth-order valence-corrected chi connectivity index (χ4v) is 3.68. The van der Waals surface area contributed by atoms with Crippen LogP contribution in [0.5, 0.6) is 11.5 Å². The molecular formula is C27H20F3NO5. The third-order valence-corrected chi connectivity index (χ3v) is 5.38. The number of fused-ring (bicyclic) bond motifs is 1. The molecule has 6 nitrogen and oxygen atoms in total. The molecule has 184 valence electrons. The van der Waals surface area contributed by atoms with Crippen molar-refractivity contribution in [2.75, 3.05) is 19.1 Å². The first kappa shape index (κ1) is 24.6. The highest BCUT2D eigenvalue weighted by Crippen LogP contribution is 2.41. The van der Waals surface area contributed by atoms with Gasteiger partial charge in [-0.05, 0) is 53.3 Å². The Bertz CT molecular complexity index is 1420. The van der Waals surface area contributed by atoms with Crippen LogP contribution in [0.3, 0.4) is 0 Å². The average Bonchev–Trinajstić information content (AvgIpc) is 3.10. The summed E-state index contributed by atoms with van der Waals surface area (Å²) in [7, 11) is 2.22. The molecule has 0 fully saturated rings. The highest BCUT2D eigenvalue weighted by atomic mass is 19.4. The Balaban J connectivity index is 1.90. The normalized spacial score (nSPS) is 13.5. The zero-order chi connectivity index (χ0) is 25.9. The summed E-state index contributed by atoms with van der Waals surface area (Å²) in [6.07, 6.45) is 0.878. The van der Waals surface area contributed by atoms with Gasteiger partial charge < -0.3 is 19.1 Å². The third kappa shape index (κ3) is 4.95. The van der Waals surface area contributed by atoms with Gasteiger partial charge >= 0.3 is 18.1 Å². The summed E-state index contributed by atoms with van der Waals surface area (Å²) in [6.45, 7) is 0. The Labute approximate surface area is 204 Å². The van der Waals surface area contributed by atoms with Crippen LogP contribution in [-0.4, -0.2) is 26.2 Å². The summed E-state index contributed by atoms with van der Waals surface area (Å²) in [6, 6.07) is 15.6. The fraction of sp³-hybridized carbons (Fsp3) is 0.111. The number of allylic oxidation sites excluding steroid dienone is 2. The number of carbonyl (C=O) groups is 2. The topological polar surface area (TPSA) is 65.1 Å². The van der Waals surface area contributed by atoms with Crippen molar-refractivity contribution < 1.29 is 37.0 Å². The molecule has 0 saturated carbocycles. The fourth-order valence-electron chi connectivity index (χ4n) is 3.68. The predicted molar refractivity (Wildman–Crippen MR) is 127 cm³/mol. The van der Waals surface area contributed by atoms with E-state index >= 15 is 0 Å². The molecule has 3 aromatic rings. The van der Waals surface area contributed by atoms with Gasteiger partial charge in [0.25, 0.3) is 0 Å². The molecule has 0 bridgehead atoms. The number of carbonyl (C=O) groups excluding carboxylic acids is 2. The molecule has 36 heavy (non-hydrogen) atoms. The van der Waals surface area contributed by atoms with E-state index in [-0.39, 0.29) is 22.7 Å². The summed E-state index contributed by atoms with van der Waals surface area (Å²) < 4.78 is 56.6. The first-order chi connectivity index (χ1) is 17.2. The van der Waals surface area contributed by atoms with Crippen molar-refractivity contribution in [3.05, 3.63) is 102 Å². The number of anilines is 1. The van der Waals surface area contributed by atoms with E-state index in [4.69, 9.17) is 14.2 Å². The lowest BCUT2D eigenvalue weighted by atomic mass is 10.1. The second-order valence-electron chi connectivity index (χ2n) is 7.61. The SMILES string of the molecule is COC(=O)C1=C(C(=O)OC)N(c2cc(C(F)(F)F)ccc2Oc2ccc3ccccc3c2)C=CC=C1. The van der Waals surface area contributed by atoms with Gasteiger partial charge in [0.1, 0.15) is 11.4 Å². The molecule has 9 heteroatoms. The maximum atomic E-state index is 13.7. The van der Waals surface area contributed by atoms with Gasteiger partial charge in [0.2, 0.25) is 0 Å². The minimum atomic E-state index is -4.68. The number of ether oxygens (including phenoxy) is 3. The minimum Gasteiger partial charge on any atom is -0.465 e. The van der Waals surface area contributed by atoms with E-state index in [2.05, 4.69) is 0 Å². The number of alkyl halides is 3. The maximum absolute atomic E-state index is 13.7. The van der Waals surface area contributed by atoms with Crippen molar-refractivity contribution in [3.63, 3.8) is 0 Å². The number of esters is 2. The number of methoxy groups -OCH3 is 2. The lowest BCUT2D eigenvalue weighted by Gasteiger charge is -2.26. The first-order valence-electron chi connectivity index (χ1n) is 10.7. The molecule has 0 spiro atoms. The van der Waals surface area contributed by atoms with Gasteiger partial charge in [-0.2, -0.15) is 13.2 Å². The molecule has 0 amide bonds. The molecule has 0 atom stereocenters. The van der Waals surface area contributed by atoms with Crippen LogP contribution in [0.2, 0.25) is 0 Å². The van der Waals surface area contributed by atoms with E-state index < -0.39 is 23.7 Å². The molecule has 0 N–H and O–H groups in total. The monoisotopic (exact) mass is 495 g/mol. The molecule has 3 aromatic carbocycles. The predicted octanol–water partition coefficient (Wildman–Crippen LogP) is 6.14. The van der Waals surface area contributed by atoms with Crippen LogP contribution >= 0.6 is 0 Å². The first-order valence-corrected chi connectivity index (χ1v) is 10.7. The van der Waals surface area contributed by atoms with Gasteiger partial charge in [-0.15, -0.1) is 0 Å². The van der Waals surface area contributed by atoms with E-state index in [0.29, 0.717) is 5.75 Å². The zero-order valence-electron chi connectivity index (χ0n) is 19.2. The Morgan fingerprint density at radius 3 is 2.25 bits per heavy atom. The van der Waals surface area contributed by atoms with Crippen LogP contribution in [-0.2, 0) is 25.2 Å². The number of nitrogens with zero attached hydrogens (tertiary/aromatic N) is 1. The van der Waals surface area contributed by atoms with Gasteiger partial charge in [0.15, 0.2) is 5.75 Å². The summed E-state index contributed by atoms with van der Waals surface area (Å²) >= 11 is 0. The van der Waals surface area contributed by atoms with Crippen LogP contribution in [0.25, 0.3) is 10.8 Å². The lowest BCUT2D eigenvalue weighted by Crippen LogP contribution is -2.27. The highest BCUT2D eigenvalue weighted by Gasteiger charge is 2.34. The molecule has 0 aromatic heterocycles. The number of rotatable bonds is 5. The summed E-state index contributed by atoms with van der Waals surface area (Å²) in [5.41, 5.74) is -1.65. The van der Waals surface area contributed by atoms with Crippen molar-refractivity contribution in [1.29, 1.82) is 0 Å². The van der Waals surface area contributed by atoms with E-state index in [1.807, 2.05) is 30.3 Å². The molecule has 4 rings (SSSR count). The lowest BCUT2D eigenvalue weighted by molar-refractivity contribution is -0.139. The maximum Gasteiger partial charge on any atom is 0.416 e. The smallest absolute Gasteiger partial charge is 0.416 e. The second-order valence-corrected chi connectivity index (χ2v) is 7.61. The van der Waals surface area contributed by atoms with E-state index in [1.54, 1.807) is 12.1 Å². The quantitative estimate of drug-likeness (QED) is 0.396. The van der Waals surface area contributed by atoms with Crippen LogP contribution in [0, 0.1) is 0 Å². The number of hydrogen-bond donors (Lipinski definition) is 0. The van der Waals surface area contributed by atoms with Crippen LogP contribution in [0.15, 0.2) is 96.4 Å². The molecule has 0 saturated heterocycles. The van der Waals surface area contributed by atoms with E-state index in [0.717, 1.165) is 48.1 Å². The van der Waals surface area contributed by atoms with Crippen LogP contribution < -0.4 is 9.64 Å². The minimum absolute atomic E-state index is 0.00968. The van der Waals surface area contributed by atoms with E-state index in [1.165, 1.54) is 24.4 Å². The highest BCUT2D eigenvalue weighted by molar-refractivity contribution is 6.05. The van der Waals surface area contributed by atoms with Crippen molar-refractivity contribution in [1.82, 2.24) is 0 Å². The van der Waals surface area contributed by atoms with Crippen molar-refractivity contribution >= 4 is 28.4 Å². The van der Waals surface area contributed by atoms with Gasteiger partial charge in [-0.25, -0.2) is 9.59 Å². The van der Waals surface area contributed by atoms with Gasteiger partial charge in [-0.3, -0.25) is 0 Å². The summed E-state index contributed by atoms with van der Waals surface area (Å²) in [5.74, 6) is -1.45. The van der Waals surface area contributed by atoms with Gasteiger partial charge in [0, 0.05) is 6.20 Å². The van der Waals surface area contributed by atoms with Crippen molar-refractivity contribution in [3.8, 4) is 11.5 Å². The van der Waals surface area contributed by atoms with Crippen molar-refractivity contribution in [2.24, 2.45) is 0 Å². The second kappa shape index (κ2) is 9.99. The third-order valence-electron chi connectivity index (χ3n) is 5.38. The van der Waals surface area contributed by atoms with Crippen LogP contribution in [0.4, 0.5) is 18.9 Å². The van der Waals surface area contributed by atoms with Crippen LogP contribution in [0.1, 0.15) is 5.56 Å². The Kier molecular flexibility index (Phi) is 6.82. The zero-order valence-corrected chi connectivity index (χ0v) is 19.2. The number of halogens is 3. The molecule has 1 aliphatic heterocycles.